The standard InChI is InChI=1S/C12H15BrFNO/c13-9-10-8-11(14)2-3-12(10)15-4-1-6-16-7-5-15/h2-3,8H,1,4-7,9H2. The van der Waals surface area contributed by atoms with Crippen LogP contribution in [0.1, 0.15) is 12.0 Å². The fraction of sp³-hybridized carbons (Fsp3) is 0.500. The van der Waals surface area contributed by atoms with Gasteiger partial charge in [0.15, 0.2) is 0 Å². The molecule has 2 nitrogen and oxygen atoms in total. The third-order valence-electron chi connectivity index (χ3n) is 2.75. The molecule has 0 aliphatic carbocycles. The molecule has 1 aliphatic heterocycles. The molecule has 0 radical (unpaired) electrons. The van der Waals surface area contributed by atoms with Crippen molar-refractivity contribution in [2.75, 3.05) is 31.2 Å². The zero-order chi connectivity index (χ0) is 11.4. The lowest BCUT2D eigenvalue weighted by Crippen LogP contribution is -2.26. The van der Waals surface area contributed by atoms with Crippen molar-refractivity contribution in [3.63, 3.8) is 0 Å². The molecule has 4 heteroatoms. The maximum atomic E-state index is 13.1. The first-order valence-electron chi connectivity index (χ1n) is 5.48. The average molecular weight is 288 g/mol. The zero-order valence-corrected chi connectivity index (χ0v) is 10.7. The van der Waals surface area contributed by atoms with E-state index >= 15 is 0 Å². The van der Waals surface area contributed by atoms with Crippen LogP contribution in [-0.4, -0.2) is 26.3 Å². The number of nitrogens with zero attached hydrogens (tertiary/aromatic N) is 1. The molecule has 16 heavy (non-hydrogen) atoms. The molecule has 1 saturated heterocycles. The van der Waals surface area contributed by atoms with Gasteiger partial charge in [0.2, 0.25) is 0 Å². The Morgan fingerprint density at radius 1 is 1.31 bits per heavy atom. The van der Waals surface area contributed by atoms with Gasteiger partial charge in [0.05, 0.1) is 6.61 Å². The highest BCUT2D eigenvalue weighted by atomic mass is 79.9. The topological polar surface area (TPSA) is 12.5 Å². The van der Waals surface area contributed by atoms with Crippen LogP contribution in [0, 0.1) is 5.82 Å². The van der Waals surface area contributed by atoms with Gasteiger partial charge >= 0.3 is 0 Å². The van der Waals surface area contributed by atoms with Crippen molar-refractivity contribution in [2.45, 2.75) is 11.8 Å². The fourth-order valence-corrected chi connectivity index (χ4v) is 2.41. The average Bonchev–Trinajstić information content (AvgIpc) is 2.57. The Bertz CT molecular complexity index is 351. The van der Waals surface area contributed by atoms with E-state index in [4.69, 9.17) is 4.74 Å². The van der Waals surface area contributed by atoms with E-state index in [1.165, 1.54) is 6.07 Å². The Balaban J connectivity index is 2.23. The van der Waals surface area contributed by atoms with Crippen molar-refractivity contribution in [2.24, 2.45) is 0 Å². The quantitative estimate of drug-likeness (QED) is 0.776. The van der Waals surface area contributed by atoms with Gasteiger partial charge in [-0.1, -0.05) is 15.9 Å². The Morgan fingerprint density at radius 3 is 3.00 bits per heavy atom. The number of hydrogen-bond acceptors (Lipinski definition) is 2. The number of halogens is 2. The van der Waals surface area contributed by atoms with Gasteiger partial charge in [-0.15, -0.1) is 0 Å². The summed E-state index contributed by atoms with van der Waals surface area (Å²) in [7, 11) is 0. The minimum Gasteiger partial charge on any atom is -0.380 e. The predicted octanol–water partition coefficient (Wildman–Crippen LogP) is 2.95. The molecule has 1 aromatic rings. The monoisotopic (exact) mass is 287 g/mol. The van der Waals surface area contributed by atoms with Crippen molar-refractivity contribution in [1.82, 2.24) is 0 Å². The second-order valence-corrected chi connectivity index (χ2v) is 4.42. The van der Waals surface area contributed by atoms with Crippen molar-refractivity contribution in [3.8, 4) is 0 Å². The van der Waals surface area contributed by atoms with Gasteiger partial charge in [0, 0.05) is 30.7 Å². The van der Waals surface area contributed by atoms with Crippen LogP contribution >= 0.6 is 15.9 Å². The predicted molar refractivity (Wildman–Crippen MR) is 66.7 cm³/mol. The summed E-state index contributed by atoms with van der Waals surface area (Å²) in [5.41, 5.74) is 2.12. The van der Waals surface area contributed by atoms with Gasteiger partial charge in [-0.05, 0) is 30.2 Å². The number of rotatable bonds is 2. The van der Waals surface area contributed by atoms with Gasteiger partial charge in [-0.2, -0.15) is 0 Å². The molecule has 88 valence electrons. The van der Waals surface area contributed by atoms with Crippen LogP contribution in [0.15, 0.2) is 18.2 Å². The summed E-state index contributed by atoms with van der Waals surface area (Å²) in [5, 5.41) is 0.678. The molecule has 2 rings (SSSR count). The van der Waals surface area contributed by atoms with Gasteiger partial charge in [-0.3, -0.25) is 0 Å². The Morgan fingerprint density at radius 2 is 2.19 bits per heavy atom. The summed E-state index contributed by atoms with van der Waals surface area (Å²) in [5.74, 6) is -0.177. The second-order valence-electron chi connectivity index (χ2n) is 3.86. The summed E-state index contributed by atoms with van der Waals surface area (Å²) in [6.07, 6.45) is 1.03. The third-order valence-corrected chi connectivity index (χ3v) is 3.35. The molecular weight excluding hydrogens is 273 g/mol. The maximum absolute atomic E-state index is 13.1. The van der Waals surface area contributed by atoms with Crippen molar-refractivity contribution < 1.29 is 9.13 Å². The van der Waals surface area contributed by atoms with E-state index in [9.17, 15) is 4.39 Å². The molecule has 1 fully saturated rings. The van der Waals surface area contributed by atoms with Gasteiger partial charge in [-0.25, -0.2) is 4.39 Å². The summed E-state index contributed by atoms with van der Waals surface area (Å²) in [6.45, 7) is 3.43. The number of benzene rings is 1. The van der Waals surface area contributed by atoms with Crippen LogP contribution in [0.5, 0.6) is 0 Å². The van der Waals surface area contributed by atoms with E-state index in [-0.39, 0.29) is 5.82 Å². The molecule has 0 N–H and O–H groups in total. The summed E-state index contributed by atoms with van der Waals surface area (Å²) < 4.78 is 18.5. The molecule has 0 spiro atoms. The molecular formula is C12H15BrFNO. The molecule has 1 aromatic carbocycles. The van der Waals surface area contributed by atoms with Crippen molar-refractivity contribution >= 4 is 21.6 Å². The molecule has 1 aliphatic rings. The zero-order valence-electron chi connectivity index (χ0n) is 9.09. The van der Waals surface area contributed by atoms with Crippen LogP contribution < -0.4 is 4.90 Å². The summed E-state index contributed by atoms with van der Waals surface area (Å²) in [4.78, 5) is 2.27. The van der Waals surface area contributed by atoms with Gasteiger partial charge in [0.25, 0.3) is 0 Å². The van der Waals surface area contributed by atoms with Crippen LogP contribution in [0.4, 0.5) is 10.1 Å². The number of ether oxygens (including phenoxy) is 1. The smallest absolute Gasteiger partial charge is 0.123 e. The first-order valence-corrected chi connectivity index (χ1v) is 6.60. The maximum Gasteiger partial charge on any atom is 0.123 e. The molecule has 0 aromatic heterocycles. The normalized spacial score (nSPS) is 17.2. The lowest BCUT2D eigenvalue weighted by molar-refractivity contribution is 0.152. The molecule has 0 atom stereocenters. The minimum absolute atomic E-state index is 0.177. The van der Waals surface area contributed by atoms with Crippen molar-refractivity contribution in [1.29, 1.82) is 0 Å². The van der Waals surface area contributed by atoms with E-state index in [1.807, 2.05) is 6.07 Å². The van der Waals surface area contributed by atoms with E-state index in [0.29, 0.717) is 5.33 Å². The number of hydrogen-bond donors (Lipinski definition) is 0. The first kappa shape index (κ1) is 11.9. The van der Waals surface area contributed by atoms with E-state index in [1.54, 1.807) is 6.07 Å². The molecule has 0 amide bonds. The molecule has 0 unspecified atom stereocenters. The highest BCUT2D eigenvalue weighted by molar-refractivity contribution is 9.08. The Labute approximate surface area is 104 Å². The van der Waals surface area contributed by atoms with Crippen LogP contribution in [0.25, 0.3) is 0 Å². The van der Waals surface area contributed by atoms with Crippen LogP contribution in [0.3, 0.4) is 0 Å². The van der Waals surface area contributed by atoms with E-state index in [0.717, 1.165) is 44.0 Å². The van der Waals surface area contributed by atoms with Crippen molar-refractivity contribution in [3.05, 3.63) is 29.6 Å². The second kappa shape index (κ2) is 5.64. The Hall–Kier alpha value is -0.610. The Kier molecular flexibility index (Phi) is 4.18. The lowest BCUT2D eigenvalue weighted by Gasteiger charge is -2.24. The number of alkyl halides is 1. The third kappa shape index (κ3) is 2.74. The molecule has 1 heterocycles. The van der Waals surface area contributed by atoms with Crippen LogP contribution in [-0.2, 0) is 10.1 Å². The van der Waals surface area contributed by atoms with E-state index in [2.05, 4.69) is 20.8 Å². The summed E-state index contributed by atoms with van der Waals surface area (Å²) >= 11 is 3.40. The minimum atomic E-state index is -0.177. The van der Waals surface area contributed by atoms with Gasteiger partial charge in [0.1, 0.15) is 5.82 Å². The van der Waals surface area contributed by atoms with E-state index < -0.39 is 0 Å². The number of anilines is 1. The highest BCUT2D eigenvalue weighted by Gasteiger charge is 2.13. The summed E-state index contributed by atoms with van der Waals surface area (Å²) in [6, 6.07) is 4.97. The van der Waals surface area contributed by atoms with Crippen LogP contribution in [0.2, 0.25) is 0 Å². The fourth-order valence-electron chi connectivity index (χ4n) is 1.96. The van der Waals surface area contributed by atoms with Gasteiger partial charge < -0.3 is 9.64 Å². The molecule has 0 saturated carbocycles. The highest BCUT2D eigenvalue weighted by Crippen LogP contribution is 2.24. The largest absolute Gasteiger partial charge is 0.380 e. The lowest BCUT2D eigenvalue weighted by atomic mass is 10.1. The molecule has 0 bridgehead atoms. The first-order chi connectivity index (χ1) is 7.81. The SMILES string of the molecule is Fc1ccc(N2CCCOCC2)c(CBr)c1.